The van der Waals surface area contributed by atoms with Crippen LogP contribution >= 0.6 is 0 Å². The van der Waals surface area contributed by atoms with Crippen LogP contribution in [-0.4, -0.2) is 42.4 Å². The van der Waals surface area contributed by atoms with E-state index in [4.69, 9.17) is 9.47 Å². The predicted octanol–water partition coefficient (Wildman–Crippen LogP) is 4.97. The Bertz CT molecular complexity index is 1260. The lowest BCUT2D eigenvalue weighted by Gasteiger charge is -2.19. The van der Waals surface area contributed by atoms with Gasteiger partial charge in [0.15, 0.2) is 0 Å². The maximum Gasteiger partial charge on any atom is 0.255 e. The van der Waals surface area contributed by atoms with Crippen molar-refractivity contribution in [2.24, 2.45) is 0 Å². The normalized spacial score (nSPS) is 11.9. The summed E-state index contributed by atoms with van der Waals surface area (Å²) in [7, 11) is 1.63. The molecule has 3 aromatic carbocycles. The summed E-state index contributed by atoms with van der Waals surface area (Å²) in [5.41, 5.74) is 4.23. The Hall–Kier alpha value is -3.77. The van der Waals surface area contributed by atoms with E-state index in [9.17, 15) is 9.90 Å². The van der Waals surface area contributed by atoms with Crippen molar-refractivity contribution < 1.29 is 19.4 Å². The zero-order valence-corrected chi connectivity index (χ0v) is 19.5. The number of aliphatic hydroxyl groups is 1. The van der Waals surface area contributed by atoms with Crippen molar-refractivity contribution in [2.75, 3.05) is 20.3 Å². The zero-order valence-electron chi connectivity index (χ0n) is 19.5. The fraction of sp³-hybridized carbons (Fsp3) is 0.250. The molecule has 3 N–H and O–H groups in total. The standard InChI is InChI=1S/C28H30N2O4/c1-3-14-34-27-13-12-19(23-9-5-7-11-26(23)33-2)16-24(27)28(32)30-21(18-31)15-20-17-29-25-10-6-4-8-22(20)25/h4-13,16-17,21,29,31H,3,14-15,18H2,1-2H3,(H,30,32)/t21-/m1/s1. The van der Waals surface area contributed by atoms with E-state index in [1.165, 1.54) is 0 Å². The van der Waals surface area contributed by atoms with Crippen molar-refractivity contribution in [1.82, 2.24) is 10.3 Å². The summed E-state index contributed by atoms with van der Waals surface area (Å²) in [6.45, 7) is 2.35. The smallest absolute Gasteiger partial charge is 0.255 e. The first-order valence-corrected chi connectivity index (χ1v) is 11.5. The van der Waals surface area contributed by atoms with Crippen molar-refractivity contribution >= 4 is 16.8 Å². The van der Waals surface area contributed by atoms with Crippen LogP contribution in [0.2, 0.25) is 0 Å². The molecule has 4 rings (SSSR count). The van der Waals surface area contributed by atoms with Crippen LogP contribution in [0.4, 0.5) is 0 Å². The Kier molecular flexibility index (Phi) is 7.50. The Balaban J connectivity index is 1.61. The number of aliphatic hydroxyl groups excluding tert-OH is 1. The van der Waals surface area contributed by atoms with Crippen LogP contribution in [0.1, 0.15) is 29.3 Å². The molecule has 0 aliphatic rings. The average molecular weight is 459 g/mol. The first kappa shape index (κ1) is 23.4. The van der Waals surface area contributed by atoms with Gasteiger partial charge < -0.3 is 24.9 Å². The number of carbonyl (C=O) groups is 1. The van der Waals surface area contributed by atoms with E-state index in [-0.39, 0.29) is 12.5 Å². The number of methoxy groups -OCH3 is 1. The number of ether oxygens (including phenoxy) is 2. The maximum absolute atomic E-state index is 13.4. The molecule has 1 aromatic heterocycles. The van der Waals surface area contributed by atoms with Crippen molar-refractivity contribution in [1.29, 1.82) is 0 Å². The molecule has 0 saturated heterocycles. The molecule has 34 heavy (non-hydrogen) atoms. The minimum Gasteiger partial charge on any atom is -0.496 e. The number of nitrogens with one attached hydrogen (secondary N) is 2. The van der Waals surface area contributed by atoms with Gasteiger partial charge >= 0.3 is 0 Å². The second-order valence-electron chi connectivity index (χ2n) is 8.18. The molecule has 0 spiro atoms. The van der Waals surface area contributed by atoms with E-state index in [1.807, 2.05) is 79.9 Å². The molecule has 1 amide bonds. The van der Waals surface area contributed by atoms with Crippen molar-refractivity contribution in [3.8, 4) is 22.6 Å². The molecule has 0 saturated carbocycles. The summed E-state index contributed by atoms with van der Waals surface area (Å²) in [5.74, 6) is 0.951. The lowest BCUT2D eigenvalue weighted by molar-refractivity contribution is 0.0912. The maximum atomic E-state index is 13.4. The number of aromatic amines is 1. The minimum atomic E-state index is -0.444. The lowest BCUT2D eigenvalue weighted by atomic mass is 10.0. The first-order chi connectivity index (χ1) is 16.6. The zero-order chi connectivity index (χ0) is 23.9. The molecule has 0 bridgehead atoms. The summed E-state index contributed by atoms with van der Waals surface area (Å²) >= 11 is 0. The van der Waals surface area contributed by atoms with E-state index in [2.05, 4.69) is 10.3 Å². The number of para-hydroxylation sites is 2. The van der Waals surface area contributed by atoms with Crippen LogP contribution in [0.15, 0.2) is 72.9 Å². The molecule has 1 atom stereocenters. The summed E-state index contributed by atoms with van der Waals surface area (Å²) in [4.78, 5) is 16.6. The SMILES string of the molecule is CCCOc1ccc(-c2ccccc2OC)cc1C(=O)N[C@@H](CO)Cc1c[nH]c2ccccc12. The average Bonchev–Trinajstić information content (AvgIpc) is 3.29. The summed E-state index contributed by atoms with van der Waals surface area (Å²) in [5, 5.41) is 14.1. The van der Waals surface area contributed by atoms with Crippen LogP contribution in [0.25, 0.3) is 22.0 Å². The third-order valence-electron chi connectivity index (χ3n) is 5.80. The van der Waals surface area contributed by atoms with Crippen LogP contribution in [0.3, 0.4) is 0 Å². The van der Waals surface area contributed by atoms with Gasteiger partial charge in [-0.05, 0) is 48.2 Å². The highest BCUT2D eigenvalue weighted by atomic mass is 16.5. The van der Waals surface area contributed by atoms with Gasteiger partial charge in [-0.3, -0.25) is 4.79 Å². The minimum absolute atomic E-state index is 0.178. The molecule has 4 aromatic rings. The topological polar surface area (TPSA) is 83.6 Å². The van der Waals surface area contributed by atoms with Crippen LogP contribution in [0.5, 0.6) is 11.5 Å². The number of rotatable bonds is 10. The monoisotopic (exact) mass is 458 g/mol. The fourth-order valence-electron chi connectivity index (χ4n) is 4.09. The second kappa shape index (κ2) is 10.9. The molecule has 0 aliphatic carbocycles. The van der Waals surface area contributed by atoms with Gasteiger partial charge in [-0.15, -0.1) is 0 Å². The number of hydrogen-bond donors (Lipinski definition) is 3. The summed E-state index contributed by atoms with van der Waals surface area (Å²) in [6, 6.07) is 20.8. The van der Waals surface area contributed by atoms with Crippen LogP contribution < -0.4 is 14.8 Å². The van der Waals surface area contributed by atoms with Crippen LogP contribution in [0, 0.1) is 0 Å². The number of benzene rings is 3. The number of amides is 1. The Morgan fingerprint density at radius 1 is 1.06 bits per heavy atom. The van der Waals surface area contributed by atoms with E-state index in [1.54, 1.807) is 7.11 Å². The Labute approximate surface area is 199 Å². The molecule has 176 valence electrons. The van der Waals surface area contributed by atoms with Gasteiger partial charge in [0.05, 0.1) is 31.9 Å². The predicted molar refractivity (Wildman–Crippen MR) is 135 cm³/mol. The highest BCUT2D eigenvalue weighted by molar-refractivity contribution is 5.98. The van der Waals surface area contributed by atoms with E-state index in [0.29, 0.717) is 24.3 Å². The molecule has 0 aliphatic heterocycles. The van der Waals surface area contributed by atoms with Gasteiger partial charge in [-0.1, -0.05) is 49.4 Å². The first-order valence-electron chi connectivity index (χ1n) is 11.5. The summed E-state index contributed by atoms with van der Waals surface area (Å²) < 4.78 is 11.4. The third kappa shape index (κ3) is 5.07. The molecule has 0 unspecified atom stereocenters. The van der Waals surface area contributed by atoms with Gasteiger partial charge in [0.2, 0.25) is 0 Å². The van der Waals surface area contributed by atoms with Gasteiger partial charge in [-0.25, -0.2) is 0 Å². The van der Waals surface area contributed by atoms with E-state index in [0.717, 1.165) is 39.8 Å². The van der Waals surface area contributed by atoms with Gasteiger partial charge in [0, 0.05) is 22.7 Å². The number of aromatic nitrogens is 1. The Morgan fingerprint density at radius 2 is 1.85 bits per heavy atom. The molecule has 0 fully saturated rings. The number of hydrogen-bond acceptors (Lipinski definition) is 4. The molecule has 1 heterocycles. The number of H-pyrrole nitrogens is 1. The van der Waals surface area contributed by atoms with Gasteiger partial charge in [0.25, 0.3) is 5.91 Å². The molecule has 0 radical (unpaired) electrons. The van der Waals surface area contributed by atoms with E-state index >= 15 is 0 Å². The van der Waals surface area contributed by atoms with Crippen molar-refractivity contribution in [2.45, 2.75) is 25.8 Å². The molecule has 6 nitrogen and oxygen atoms in total. The second-order valence-corrected chi connectivity index (χ2v) is 8.18. The highest BCUT2D eigenvalue weighted by Crippen LogP contribution is 2.33. The molecule has 6 heteroatoms. The summed E-state index contributed by atoms with van der Waals surface area (Å²) in [6.07, 6.45) is 3.26. The van der Waals surface area contributed by atoms with Crippen molar-refractivity contribution in [3.05, 3.63) is 84.1 Å². The third-order valence-corrected chi connectivity index (χ3v) is 5.80. The van der Waals surface area contributed by atoms with Gasteiger partial charge in [0.1, 0.15) is 11.5 Å². The molecular weight excluding hydrogens is 428 g/mol. The van der Waals surface area contributed by atoms with Gasteiger partial charge in [-0.2, -0.15) is 0 Å². The highest BCUT2D eigenvalue weighted by Gasteiger charge is 2.20. The fourth-order valence-corrected chi connectivity index (χ4v) is 4.09. The molecular formula is C28H30N2O4. The lowest BCUT2D eigenvalue weighted by Crippen LogP contribution is -2.39. The number of fused-ring (bicyclic) bond motifs is 1. The van der Waals surface area contributed by atoms with E-state index < -0.39 is 6.04 Å². The van der Waals surface area contributed by atoms with Crippen LogP contribution in [-0.2, 0) is 6.42 Å². The van der Waals surface area contributed by atoms with Crippen molar-refractivity contribution in [3.63, 3.8) is 0 Å². The number of carbonyl (C=O) groups excluding carboxylic acids is 1. The Morgan fingerprint density at radius 3 is 2.65 bits per heavy atom. The largest absolute Gasteiger partial charge is 0.496 e. The quantitative estimate of drug-likeness (QED) is 0.313.